The molecule has 7 heteroatoms. The molecular weight excluding hydrogens is 381 g/mol. The lowest BCUT2D eigenvalue weighted by Crippen LogP contribution is -1.85. The Bertz CT molecular complexity index is 1310. The van der Waals surface area contributed by atoms with Crippen molar-refractivity contribution in [3.8, 4) is 45.3 Å². The number of halogens is 1. The zero-order chi connectivity index (χ0) is 20.5. The number of aryl methyl sites for hydroxylation is 1. The van der Waals surface area contributed by atoms with Crippen LogP contribution < -0.4 is 0 Å². The van der Waals surface area contributed by atoms with Crippen LogP contribution >= 0.6 is 0 Å². The zero-order valence-corrected chi connectivity index (χ0v) is 16.0. The molecule has 6 nitrogen and oxygen atoms in total. The molecule has 5 aromatic rings. The fourth-order valence-electron chi connectivity index (χ4n) is 3.28. The van der Waals surface area contributed by atoms with E-state index in [4.69, 9.17) is 9.51 Å². The van der Waals surface area contributed by atoms with Crippen LogP contribution in [0.15, 0.2) is 77.6 Å². The SMILES string of the molecule is Cc1nc(-c2cccc(-c3nc(-c4ccc(F)cc4)c(-c4ccncc4)[nH]3)c2)no1. The van der Waals surface area contributed by atoms with E-state index in [1.54, 1.807) is 31.5 Å². The minimum Gasteiger partial charge on any atom is -0.339 e. The summed E-state index contributed by atoms with van der Waals surface area (Å²) in [6.45, 7) is 1.75. The zero-order valence-electron chi connectivity index (χ0n) is 16.0. The summed E-state index contributed by atoms with van der Waals surface area (Å²) in [5.41, 5.74) is 5.02. The van der Waals surface area contributed by atoms with Crippen LogP contribution in [0.4, 0.5) is 4.39 Å². The Balaban J connectivity index is 1.64. The molecule has 1 N–H and O–H groups in total. The highest BCUT2D eigenvalue weighted by molar-refractivity contribution is 5.81. The number of hydrogen-bond donors (Lipinski definition) is 1. The highest BCUT2D eigenvalue weighted by atomic mass is 19.1. The largest absolute Gasteiger partial charge is 0.339 e. The summed E-state index contributed by atoms with van der Waals surface area (Å²) >= 11 is 0. The lowest BCUT2D eigenvalue weighted by molar-refractivity contribution is 0.394. The molecule has 0 spiro atoms. The second kappa shape index (κ2) is 7.36. The van der Waals surface area contributed by atoms with E-state index in [0.29, 0.717) is 17.5 Å². The van der Waals surface area contributed by atoms with E-state index in [-0.39, 0.29) is 5.82 Å². The van der Waals surface area contributed by atoms with Crippen molar-refractivity contribution >= 4 is 0 Å². The molecule has 0 fully saturated rings. The van der Waals surface area contributed by atoms with Crippen molar-refractivity contribution in [1.82, 2.24) is 25.1 Å². The molecule has 2 aromatic carbocycles. The van der Waals surface area contributed by atoms with Crippen molar-refractivity contribution < 1.29 is 8.91 Å². The first kappa shape index (κ1) is 17.9. The molecule has 0 aliphatic heterocycles. The molecule has 0 radical (unpaired) electrons. The van der Waals surface area contributed by atoms with Gasteiger partial charge in [0.2, 0.25) is 11.7 Å². The Kier molecular flexibility index (Phi) is 4.40. The van der Waals surface area contributed by atoms with E-state index in [0.717, 1.165) is 33.6 Å². The van der Waals surface area contributed by atoms with Gasteiger partial charge in [-0.3, -0.25) is 4.98 Å². The summed E-state index contributed by atoms with van der Waals surface area (Å²) in [5, 5.41) is 3.99. The molecule has 0 aliphatic carbocycles. The summed E-state index contributed by atoms with van der Waals surface area (Å²) in [5.74, 6) is 1.42. The lowest BCUT2D eigenvalue weighted by atomic mass is 10.1. The minimum absolute atomic E-state index is 0.289. The maximum absolute atomic E-state index is 13.4. The molecule has 5 rings (SSSR count). The first-order chi connectivity index (χ1) is 14.7. The molecule has 3 heterocycles. The van der Waals surface area contributed by atoms with Crippen molar-refractivity contribution in [1.29, 1.82) is 0 Å². The molecule has 30 heavy (non-hydrogen) atoms. The average molecular weight is 397 g/mol. The van der Waals surface area contributed by atoms with Gasteiger partial charge in [0.05, 0.1) is 11.4 Å². The van der Waals surface area contributed by atoms with Gasteiger partial charge in [-0.2, -0.15) is 4.98 Å². The van der Waals surface area contributed by atoms with Crippen LogP contribution in [0.25, 0.3) is 45.3 Å². The van der Waals surface area contributed by atoms with E-state index in [2.05, 4.69) is 20.1 Å². The van der Waals surface area contributed by atoms with Gasteiger partial charge in [-0.1, -0.05) is 23.4 Å². The third-order valence-electron chi connectivity index (χ3n) is 4.71. The van der Waals surface area contributed by atoms with Crippen LogP contribution in [0.2, 0.25) is 0 Å². The second-order valence-electron chi connectivity index (χ2n) is 6.77. The number of imidazole rings is 1. The topological polar surface area (TPSA) is 80.5 Å². The average Bonchev–Trinajstić information content (AvgIpc) is 3.42. The highest BCUT2D eigenvalue weighted by Crippen LogP contribution is 2.33. The Hall–Kier alpha value is -4.13. The summed E-state index contributed by atoms with van der Waals surface area (Å²) in [4.78, 5) is 16.6. The van der Waals surface area contributed by atoms with Gasteiger partial charge in [0, 0.05) is 41.6 Å². The number of H-pyrrole nitrogens is 1. The van der Waals surface area contributed by atoms with Gasteiger partial charge in [-0.05, 0) is 42.5 Å². The lowest BCUT2D eigenvalue weighted by Gasteiger charge is -2.02. The number of aromatic nitrogens is 5. The van der Waals surface area contributed by atoms with Gasteiger partial charge >= 0.3 is 0 Å². The number of aromatic amines is 1. The van der Waals surface area contributed by atoms with E-state index in [9.17, 15) is 4.39 Å². The van der Waals surface area contributed by atoms with Crippen molar-refractivity contribution in [3.63, 3.8) is 0 Å². The van der Waals surface area contributed by atoms with Crippen LogP contribution in [0.3, 0.4) is 0 Å². The standard InChI is InChI=1S/C23H16FN5O/c1-14-26-23(29-30-14)18-4-2-3-17(13-18)22-27-20(15-5-7-19(24)8-6-15)21(28-22)16-9-11-25-12-10-16/h2-13H,1H3,(H,27,28). The van der Waals surface area contributed by atoms with Crippen molar-refractivity contribution in [3.05, 3.63) is 84.8 Å². The fourth-order valence-corrected chi connectivity index (χ4v) is 3.28. The van der Waals surface area contributed by atoms with Gasteiger partial charge in [-0.25, -0.2) is 9.37 Å². The van der Waals surface area contributed by atoms with Crippen molar-refractivity contribution in [2.45, 2.75) is 6.92 Å². The maximum Gasteiger partial charge on any atom is 0.223 e. The Labute approximate surface area is 171 Å². The van der Waals surface area contributed by atoms with E-state index < -0.39 is 0 Å². The molecule has 0 atom stereocenters. The monoisotopic (exact) mass is 397 g/mol. The molecule has 0 saturated carbocycles. The molecule has 0 bridgehead atoms. The van der Waals surface area contributed by atoms with Crippen LogP contribution in [0.5, 0.6) is 0 Å². The van der Waals surface area contributed by atoms with Gasteiger partial charge in [0.25, 0.3) is 0 Å². The third kappa shape index (κ3) is 3.37. The number of nitrogens with zero attached hydrogens (tertiary/aromatic N) is 4. The summed E-state index contributed by atoms with van der Waals surface area (Å²) in [6.07, 6.45) is 3.45. The number of hydrogen-bond acceptors (Lipinski definition) is 5. The Morgan fingerprint density at radius 3 is 2.33 bits per heavy atom. The second-order valence-corrected chi connectivity index (χ2v) is 6.77. The van der Waals surface area contributed by atoms with Gasteiger partial charge in [-0.15, -0.1) is 0 Å². The maximum atomic E-state index is 13.4. The molecular formula is C23H16FN5O. The quantitative estimate of drug-likeness (QED) is 0.445. The first-order valence-corrected chi connectivity index (χ1v) is 9.35. The molecule has 0 unspecified atom stereocenters. The van der Waals surface area contributed by atoms with Gasteiger partial charge < -0.3 is 9.51 Å². The predicted molar refractivity (Wildman–Crippen MR) is 111 cm³/mol. The molecule has 0 saturated heterocycles. The molecule has 3 aromatic heterocycles. The highest BCUT2D eigenvalue weighted by Gasteiger charge is 2.16. The Morgan fingerprint density at radius 1 is 0.833 bits per heavy atom. The Morgan fingerprint density at radius 2 is 1.60 bits per heavy atom. The smallest absolute Gasteiger partial charge is 0.223 e. The summed E-state index contributed by atoms with van der Waals surface area (Å²) < 4.78 is 18.5. The number of nitrogens with one attached hydrogen (secondary N) is 1. The van der Waals surface area contributed by atoms with Crippen LogP contribution in [-0.4, -0.2) is 25.1 Å². The number of benzene rings is 2. The third-order valence-corrected chi connectivity index (χ3v) is 4.71. The fraction of sp³-hybridized carbons (Fsp3) is 0.0435. The number of rotatable bonds is 4. The predicted octanol–water partition coefficient (Wildman–Crippen LogP) is 5.30. The molecule has 0 amide bonds. The first-order valence-electron chi connectivity index (χ1n) is 9.35. The van der Waals surface area contributed by atoms with Gasteiger partial charge in [0.1, 0.15) is 11.6 Å². The number of pyridine rings is 1. The normalized spacial score (nSPS) is 11.0. The van der Waals surface area contributed by atoms with E-state index in [1.807, 2.05) is 36.4 Å². The van der Waals surface area contributed by atoms with Gasteiger partial charge in [0.15, 0.2) is 0 Å². The van der Waals surface area contributed by atoms with E-state index in [1.165, 1.54) is 12.1 Å². The van der Waals surface area contributed by atoms with Crippen LogP contribution in [-0.2, 0) is 0 Å². The van der Waals surface area contributed by atoms with E-state index >= 15 is 0 Å². The van der Waals surface area contributed by atoms with Crippen LogP contribution in [0.1, 0.15) is 5.89 Å². The molecule has 146 valence electrons. The van der Waals surface area contributed by atoms with Crippen molar-refractivity contribution in [2.75, 3.05) is 0 Å². The van der Waals surface area contributed by atoms with Crippen LogP contribution in [0, 0.1) is 12.7 Å². The minimum atomic E-state index is -0.289. The summed E-state index contributed by atoms with van der Waals surface area (Å²) in [7, 11) is 0. The summed E-state index contributed by atoms with van der Waals surface area (Å²) in [6, 6.07) is 17.9. The van der Waals surface area contributed by atoms with Crippen molar-refractivity contribution in [2.24, 2.45) is 0 Å². The molecule has 0 aliphatic rings.